The molecule has 0 spiro atoms. The Kier molecular flexibility index (Phi) is 4.60. The van der Waals surface area contributed by atoms with E-state index in [4.69, 9.17) is 4.52 Å². The van der Waals surface area contributed by atoms with Gasteiger partial charge in [-0.1, -0.05) is 24.4 Å². The summed E-state index contributed by atoms with van der Waals surface area (Å²) in [5, 5.41) is 14.3. The molecule has 0 saturated heterocycles. The minimum atomic E-state index is -0.361. The second-order valence-corrected chi connectivity index (χ2v) is 6.38. The molecule has 1 fully saturated rings. The van der Waals surface area contributed by atoms with Gasteiger partial charge in [0.05, 0.1) is 12.0 Å². The molecular formula is C16H20N2O2S. The lowest BCUT2D eigenvalue weighted by molar-refractivity contribution is 0.119. The highest BCUT2D eigenvalue weighted by atomic mass is 32.2. The van der Waals surface area contributed by atoms with E-state index in [1.165, 1.54) is 11.3 Å². The van der Waals surface area contributed by atoms with Crippen LogP contribution in [0.25, 0.3) is 11.4 Å². The number of thioether (sulfide) groups is 1. The average molecular weight is 304 g/mol. The van der Waals surface area contributed by atoms with Gasteiger partial charge in [-0.25, -0.2) is 0 Å². The Labute approximate surface area is 129 Å². The zero-order valence-electron chi connectivity index (χ0n) is 12.2. The van der Waals surface area contributed by atoms with Gasteiger partial charge in [0.1, 0.15) is 0 Å². The summed E-state index contributed by atoms with van der Waals surface area (Å²) in [5.74, 6) is 1.17. The van der Waals surface area contributed by atoms with Gasteiger partial charge in [-0.2, -0.15) is 4.98 Å². The predicted molar refractivity (Wildman–Crippen MR) is 83.3 cm³/mol. The smallest absolute Gasteiger partial charge is 0.232 e. The van der Waals surface area contributed by atoms with Crippen molar-refractivity contribution in [1.82, 2.24) is 10.1 Å². The summed E-state index contributed by atoms with van der Waals surface area (Å²) in [5.41, 5.74) is 0.950. The van der Waals surface area contributed by atoms with Crippen molar-refractivity contribution in [2.24, 2.45) is 0 Å². The Morgan fingerprint density at radius 2 is 1.90 bits per heavy atom. The van der Waals surface area contributed by atoms with Crippen molar-refractivity contribution in [2.45, 2.75) is 49.0 Å². The fraction of sp³-hybridized carbons (Fsp3) is 0.500. The minimum absolute atomic E-state index is 0.0146. The number of benzene rings is 1. The van der Waals surface area contributed by atoms with Gasteiger partial charge in [-0.05, 0) is 43.4 Å². The highest BCUT2D eigenvalue weighted by Gasteiger charge is 2.28. The second kappa shape index (κ2) is 6.62. The lowest BCUT2D eigenvalue weighted by Crippen LogP contribution is -2.17. The Morgan fingerprint density at radius 3 is 2.67 bits per heavy atom. The van der Waals surface area contributed by atoms with Crippen LogP contribution in [0, 0.1) is 0 Å². The molecule has 2 atom stereocenters. The number of hydrogen-bond donors (Lipinski definition) is 1. The molecule has 2 aromatic rings. The van der Waals surface area contributed by atoms with Gasteiger partial charge in [0.2, 0.25) is 11.7 Å². The molecule has 1 aromatic carbocycles. The number of aliphatic hydroxyl groups excluding tert-OH is 1. The van der Waals surface area contributed by atoms with Crippen LogP contribution in [0.2, 0.25) is 0 Å². The summed E-state index contributed by atoms with van der Waals surface area (Å²) < 4.78 is 5.41. The van der Waals surface area contributed by atoms with Crippen molar-refractivity contribution < 1.29 is 9.63 Å². The molecule has 2 unspecified atom stereocenters. The van der Waals surface area contributed by atoms with Gasteiger partial charge in [0.25, 0.3) is 0 Å². The number of nitrogens with zero attached hydrogens (tertiary/aromatic N) is 2. The third-order valence-corrected chi connectivity index (χ3v) is 4.83. The Balaban J connectivity index is 1.81. The average Bonchev–Trinajstić information content (AvgIpc) is 2.90. The molecule has 4 nitrogen and oxygen atoms in total. The first-order valence-corrected chi connectivity index (χ1v) is 8.66. The molecule has 1 aliphatic rings. The molecule has 3 rings (SSSR count). The van der Waals surface area contributed by atoms with Crippen LogP contribution in [0.3, 0.4) is 0 Å². The van der Waals surface area contributed by atoms with Crippen LogP contribution in [-0.2, 0) is 0 Å². The minimum Gasteiger partial charge on any atom is -0.392 e. The molecule has 0 amide bonds. The molecule has 1 heterocycles. The first-order chi connectivity index (χ1) is 10.3. The summed E-state index contributed by atoms with van der Waals surface area (Å²) in [6.07, 6.45) is 6.80. The highest BCUT2D eigenvalue weighted by Crippen LogP contribution is 2.32. The molecule has 21 heavy (non-hydrogen) atoms. The summed E-state index contributed by atoms with van der Waals surface area (Å²) in [6, 6.07) is 8.11. The van der Waals surface area contributed by atoms with Crippen LogP contribution in [-0.4, -0.2) is 27.6 Å². The van der Waals surface area contributed by atoms with E-state index < -0.39 is 0 Å². The van der Waals surface area contributed by atoms with Crippen LogP contribution in [0.5, 0.6) is 0 Å². The summed E-state index contributed by atoms with van der Waals surface area (Å²) in [7, 11) is 0. The molecule has 1 aliphatic carbocycles. The molecule has 1 aromatic heterocycles. The largest absolute Gasteiger partial charge is 0.392 e. The lowest BCUT2D eigenvalue weighted by atomic mass is 9.97. The number of aromatic nitrogens is 2. The molecule has 1 saturated carbocycles. The Hall–Kier alpha value is -1.33. The van der Waals surface area contributed by atoms with E-state index in [-0.39, 0.29) is 12.0 Å². The summed E-state index contributed by atoms with van der Waals surface area (Å²) in [6.45, 7) is 0. The third kappa shape index (κ3) is 3.30. The van der Waals surface area contributed by atoms with Gasteiger partial charge in [-0.3, -0.25) is 0 Å². The van der Waals surface area contributed by atoms with E-state index in [1.54, 1.807) is 11.8 Å². The molecule has 5 heteroatoms. The first-order valence-electron chi connectivity index (χ1n) is 7.44. The number of rotatable bonds is 3. The normalized spacial score (nSPS) is 23.0. The van der Waals surface area contributed by atoms with E-state index in [0.717, 1.165) is 31.2 Å². The topological polar surface area (TPSA) is 59.2 Å². The van der Waals surface area contributed by atoms with Crippen molar-refractivity contribution >= 4 is 11.8 Å². The molecule has 0 bridgehead atoms. The van der Waals surface area contributed by atoms with E-state index in [0.29, 0.717) is 11.7 Å². The van der Waals surface area contributed by atoms with Crippen LogP contribution >= 0.6 is 11.8 Å². The van der Waals surface area contributed by atoms with E-state index >= 15 is 0 Å². The molecular weight excluding hydrogens is 284 g/mol. The maximum atomic E-state index is 10.2. The number of hydrogen-bond acceptors (Lipinski definition) is 5. The fourth-order valence-electron chi connectivity index (χ4n) is 2.82. The van der Waals surface area contributed by atoms with Crippen molar-refractivity contribution in [3.8, 4) is 11.4 Å². The predicted octanol–water partition coefficient (Wildman–Crippen LogP) is 3.87. The summed E-state index contributed by atoms with van der Waals surface area (Å²) in [4.78, 5) is 5.72. The van der Waals surface area contributed by atoms with Gasteiger partial charge in [-0.15, -0.1) is 11.8 Å². The van der Waals surface area contributed by atoms with Crippen LogP contribution in [0.1, 0.15) is 43.9 Å². The molecule has 0 aliphatic heterocycles. The molecule has 0 radical (unpaired) electrons. The summed E-state index contributed by atoms with van der Waals surface area (Å²) >= 11 is 1.71. The number of aliphatic hydroxyl groups is 1. The first kappa shape index (κ1) is 14.6. The highest BCUT2D eigenvalue weighted by molar-refractivity contribution is 7.98. The maximum Gasteiger partial charge on any atom is 0.232 e. The van der Waals surface area contributed by atoms with Crippen molar-refractivity contribution in [3.05, 3.63) is 30.2 Å². The zero-order chi connectivity index (χ0) is 14.7. The second-order valence-electron chi connectivity index (χ2n) is 5.50. The van der Waals surface area contributed by atoms with Crippen molar-refractivity contribution in [1.29, 1.82) is 0 Å². The van der Waals surface area contributed by atoms with E-state index in [2.05, 4.69) is 28.5 Å². The zero-order valence-corrected chi connectivity index (χ0v) is 13.0. The maximum absolute atomic E-state index is 10.2. The SMILES string of the molecule is CSc1ccc(-c2noc(C3CCCCCC3O)n2)cc1. The van der Waals surface area contributed by atoms with Gasteiger partial charge < -0.3 is 9.63 Å². The molecule has 1 N–H and O–H groups in total. The standard InChI is InChI=1S/C16H20N2O2S/c1-21-12-9-7-11(8-10-12)15-17-16(20-18-15)13-5-3-2-4-6-14(13)19/h7-10,13-14,19H,2-6H2,1H3. The van der Waals surface area contributed by atoms with Gasteiger partial charge >= 0.3 is 0 Å². The van der Waals surface area contributed by atoms with E-state index in [9.17, 15) is 5.11 Å². The third-order valence-electron chi connectivity index (χ3n) is 4.09. The van der Waals surface area contributed by atoms with Gasteiger partial charge in [0, 0.05) is 10.5 Å². The van der Waals surface area contributed by atoms with Crippen LogP contribution < -0.4 is 0 Å². The van der Waals surface area contributed by atoms with Crippen molar-refractivity contribution in [2.75, 3.05) is 6.26 Å². The Bertz CT molecular complexity index is 582. The Morgan fingerprint density at radius 1 is 1.14 bits per heavy atom. The van der Waals surface area contributed by atoms with Gasteiger partial charge in [0.15, 0.2) is 0 Å². The van der Waals surface area contributed by atoms with Crippen molar-refractivity contribution in [3.63, 3.8) is 0 Å². The van der Waals surface area contributed by atoms with E-state index in [1.807, 2.05) is 12.1 Å². The monoisotopic (exact) mass is 304 g/mol. The lowest BCUT2D eigenvalue weighted by Gasteiger charge is -2.15. The molecule has 112 valence electrons. The fourth-order valence-corrected chi connectivity index (χ4v) is 3.23. The van der Waals surface area contributed by atoms with Crippen LogP contribution in [0.15, 0.2) is 33.7 Å². The quantitative estimate of drug-likeness (QED) is 0.689. The van der Waals surface area contributed by atoms with Crippen LogP contribution in [0.4, 0.5) is 0 Å².